The molecule has 7 aromatic carbocycles. The van der Waals surface area contributed by atoms with Gasteiger partial charge in [0.05, 0.1) is 33.5 Å². The van der Waals surface area contributed by atoms with Gasteiger partial charge in [0.15, 0.2) is 0 Å². The molecule has 5 heterocycles. The fourth-order valence-corrected chi connectivity index (χ4v) is 15.8. The van der Waals surface area contributed by atoms with Crippen molar-refractivity contribution in [1.82, 2.24) is 4.57 Å². The summed E-state index contributed by atoms with van der Waals surface area (Å²) in [6.45, 7) is 4.82. The molecule has 0 unspecified atom stereocenters. The van der Waals surface area contributed by atoms with Gasteiger partial charge in [0.1, 0.15) is 0 Å². The standard InChI is InChI=1S/C55H36N2S3/c1-54(2)36-11-5-6-12-42(36)57(44-28-46-35(27-41(44)54)31-9-4-7-14-45(31)60-46)43-13-8-10-32-33-20-22-38-49(51(33)56(3)50(32)43)34-19-17-29-15-16-30-18-21-37(48(34)47(29)30)55(38)39-23-25-58-52(39)53-40(55)24-26-59-53/h4-14,17-28H,15-16H2,1-3H3. The summed E-state index contributed by atoms with van der Waals surface area (Å²) < 4.78 is 5.24. The van der Waals surface area contributed by atoms with E-state index < -0.39 is 0 Å². The number of anilines is 3. The molecule has 1 spiro atoms. The number of fused-ring (bicyclic) bond motifs is 18. The molecular weight excluding hydrogens is 785 g/mol. The monoisotopic (exact) mass is 820 g/mol. The second kappa shape index (κ2) is 10.8. The highest BCUT2D eigenvalue weighted by Crippen LogP contribution is 2.66. The third-order valence-corrected chi connectivity index (χ3v) is 18.2. The van der Waals surface area contributed by atoms with Gasteiger partial charge in [0.2, 0.25) is 0 Å². The molecule has 0 N–H and O–H groups in total. The molecule has 284 valence electrons. The molecule has 2 nitrogen and oxygen atoms in total. The first-order valence-electron chi connectivity index (χ1n) is 21.1. The lowest BCUT2D eigenvalue weighted by Crippen LogP contribution is -2.31. The molecule has 60 heavy (non-hydrogen) atoms. The molecule has 15 rings (SSSR count). The number of aryl methyl sites for hydroxylation is 3. The van der Waals surface area contributed by atoms with E-state index in [1.54, 1.807) is 0 Å². The van der Waals surface area contributed by atoms with Crippen LogP contribution in [0.5, 0.6) is 0 Å². The smallest absolute Gasteiger partial charge is 0.0743 e. The van der Waals surface area contributed by atoms with Gasteiger partial charge in [-0.1, -0.05) is 98.8 Å². The molecule has 4 aromatic heterocycles. The number of para-hydroxylation sites is 2. The molecule has 0 bridgehead atoms. The van der Waals surface area contributed by atoms with Crippen molar-refractivity contribution in [2.24, 2.45) is 7.05 Å². The lowest BCUT2D eigenvalue weighted by atomic mass is 9.61. The summed E-state index contributed by atoms with van der Waals surface area (Å²) in [5.41, 5.74) is 20.1. The molecule has 0 saturated carbocycles. The van der Waals surface area contributed by atoms with Crippen molar-refractivity contribution < 1.29 is 0 Å². The van der Waals surface area contributed by atoms with E-state index in [0.717, 1.165) is 12.8 Å². The minimum absolute atomic E-state index is 0.185. The summed E-state index contributed by atoms with van der Waals surface area (Å²) in [7, 11) is 2.34. The number of hydrogen-bond acceptors (Lipinski definition) is 4. The molecule has 1 aliphatic heterocycles. The van der Waals surface area contributed by atoms with Gasteiger partial charge < -0.3 is 9.47 Å². The second-order valence-corrected chi connectivity index (χ2v) is 20.8. The Kier molecular flexibility index (Phi) is 5.93. The summed E-state index contributed by atoms with van der Waals surface area (Å²) in [5, 5.41) is 12.9. The predicted molar refractivity (Wildman–Crippen MR) is 257 cm³/mol. The van der Waals surface area contributed by atoms with Crippen LogP contribution in [-0.4, -0.2) is 4.57 Å². The van der Waals surface area contributed by atoms with Crippen molar-refractivity contribution in [3.05, 3.63) is 183 Å². The quantitative estimate of drug-likeness (QED) is 0.160. The average molecular weight is 821 g/mol. The van der Waals surface area contributed by atoms with Gasteiger partial charge in [-0.2, -0.15) is 0 Å². The van der Waals surface area contributed by atoms with Crippen LogP contribution in [0.25, 0.3) is 73.6 Å². The molecule has 0 amide bonds. The number of nitrogens with zero attached hydrogens (tertiary/aromatic N) is 2. The molecular formula is C55H36N2S3. The van der Waals surface area contributed by atoms with Crippen LogP contribution in [-0.2, 0) is 30.7 Å². The average Bonchev–Trinajstić information content (AvgIpc) is 4.13. The van der Waals surface area contributed by atoms with E-state index in [-0.39, 0.29) is 10.8 Å². The fraction of sp³-hybridized carbons (Fsp3) is 0.127. The number of hydrogen-bond donors (Lipinski definition) is 0. The number of rotatable bonds is 1. The Morgan fingerprint density at radius 2 is 1.20 bits per heavy atom. The molecule has 4 aliphatic rings. The first kappa shape index (κ1) is 32.8. The highest BCUT2D eigenvalue weighted by molar-refractivity contribution is 7.25. The van der Waals surface area contributed by atoms with Crippen LogP contribution in [0.3, 0.4) is 0 Å². The maximum atomic E-state index is 2.60. The second-order valence-electron chi connectivity index (χ2n) is 17.9. The van der Waals surface area contributed by atoms with E-state index in [1.807, 2.05) is 34.0 Å². The molecule has 5 heteroatoms. The lowest BCUT2D eigenvalue weighted by molar-refractivity contribution is 0.633. The van der Waals surface area contributed by atoms with Gasteiger partial charge >= 0.3 is 0 Å². The van der Waals surface area contributed by atoms with Crippen LogP contribution in [0.2, 0.25) is 0 Å². The Balaban J connectivity index is 1.08. The number of aromatic nitrogens is 1. The van der Waals surface area contributed by atoms with E-state index in [0.29, 0.717) is 0 Å². The largest absolute Gasteiger partial charge is 0.341 e. The van der Waals surface area contributed by atoms with Crippen molar-refractivity contribution in [1.29, 1.82) is 0 Å². The van der Waals surface area contributed by atoms with Gasteiger partial charge in [-0.05, 0) is 127 Å². The molecule has 0 saturated heterocycles. The van der Waals surface area contributed by atoms with E-state index >= 15 is 0 Å². The summed E-state index contributed by atoms with van der Waals surface area (Å²) >= 11 is 5.73. The van der Waals surface area contributed by atoms with Crippen LogP contribution in [0.15, 0.2) is 138 Å². The highest BCUT2D eigenvalue weighted by Gasteiger charge is 2.52. The summed E-state index contributed by atoms with van der Waals surface area (Å²) in [4.78, 5) is 5.48. The van der Waals surface area contributed by atoms with Crippen molar-refractivity contribution in [2.45, 2.75) is 37.5 Å². The lowest BCUT2D eigenvalue weighted by Gasteiger charge is -2.42. The topological polar surface area (TPSA) is 8.17 Å². The summed E-state index contributed by atoms with van der Waals surface area (Å²) in [6.07, 6.45) is 2.24. The van der Waals surface area contributed by atoms with Crippen molar-refractivity contribution in [3.63, 3.8) is 0 Å². The molecule has 0 radical (unpaired) electrons. The van der Waals surface area contributed by atoms with Crippen LogP contribution in [0.1, 0.15) is 58.4 Å². The van der Waals surface area contributed by atoms with E-state index in [2.05, 4.69) is 169 Å². The van der Waals surface area contributed by atoms with Crippen molar-refractivity contribution >= 4 is 104 Å². The zero-order valence-electron chi connectivity index (χ0n) is 33.3. The highest BCUT2D eigenvalue weighted by atomic mass is 32.1. The fourth-order valence-electron chi connectivity index (χ4n) is 12.6. The zero-order valence-corrected chi connectivity index (χ0v) is 35.8. The Labute approximate surface area is 359 Å². The van der Waals surface area contributed by atoms with Gasteiger partial charge in [-0.25, -0.2) is 0 Å². The Hall–Kier alpha value is -5.98. The Morgan fingerprint density at radius 3 is 2.03 bits per heavy atom. The van der Waals surface area contributed by atoms with E-state index in [1.165, 1.54) is 135 Å². The minimum atomic E-state index is -0.369. The van der Waals surface area contributed by atoms with E-state index in [9.17, 15) is 0 Å². The maximum absolute atomic E-state index is 2.60. The third kappa shape index (κ3) is 3.60. The Morgan fingerprint density at radius 1 is 0.500 bits per heavy atom. The minimum Gasteiger partial charge on any atom is -0.341 e. The summed E-state index contributed by atoms with van der Waals surface area (Å²) in [5.74, 6) is 0. The predicted octanol–water partition coefficient (Wildman–Crippen LogP) is 15.5. The van der Waals surface area contributed by atoms with Crippen molar-refractivity contribution in [3.8, 4) is 20.9 Å². The van der Waals surface area contributed by atoms with Crippen LogP contribution in [0.4, 0.5) is 17.1 Å². The third-order valence-electron chi connectivity index (χ3n) is 15.0. The van der Waals surface area contributed by atoms with Gasteiger partial charge in [-0.3, -0.25) is 0 Å². The van der Waals surface area contributed by atoms with E-state index in [4.69, 9.17) is 0 Å². The van der Waals surface area contributed by atoms with Gasteiger partial charge in [-0.15, -0.1) is 34.0 Å². The van der Waals surface area contributed by atoms with Crippen LogP contribution < -0.4 is 4.90 Å². The van der Waals surface area contributed by atoms with Crippen LogP contribution >= 0.6 is 34.0 Å². The number of benzene rings is 7. The zero-order chi connectivity index (χ0) is 39.4. The molecule has 0 atom stereocenters. The molecule has 0 fully saturated rings. The molecule has 11 aromatic rings. The van der Waals surface area contributed by atoms with Gasteiger partial charge in [0, 0.05) is 58.7 Å². The van der Waals surface area contributed by atoms with Crippen molar-refractivity contribution in [2.75, 3.05) is 4.90 Å². The Bertz CT molecular complexity index is 3740. The molecule has 3 aliphatic carbocycles. The SMILES string of the molecule is Cn1c2c(N3c4ccccc4C(C)(C)c4cc5c(cc43)sc3ccccc35)cccc2c2ccc3c(c21)-c1ccc2c4c(ccc(c14)C31c3ccsc3-c3sccc31)CC2. The van der Waals surface area contributed by atoms with Gasteiger partial charge in [0.25, 0.3) is 0 Å². The first-order valence-corrected chi connectivity index (χ1v) is 23.7. The summed E-state index contributed by atoms with van der Waals surface area (Å²) in [6, 6.07) is 49.8. The maximum Gasteiger partial charge on any atom is 0.0743 e. The number of thiophene rings is 3. The normalized spacial score (nSPS) is 16.0. The van der Waals surface area contributed by atoms with Crippen LogP contribution in [0, 0.1) is 0 Å². The first-order chi connectivity index (χ1) is 29.4.